The first-order chi connectivity index (χ1) is 47.7. The van der Waals surface area contributed by atoms with Gasteiger partial charge in [0, 0.05) is 25.7 Å². The number of unbranched alkanes of at least 4 members (excludes halogenated alkanes) is 41. The first kappa shape index (κ1) is 97.1. The van der Waals surface area contributed by atoms with Gasteiger partial charge in [0.05, 0.1) is 26.4 Å². The molecule has 7 atom stereocenters. The van der Waals surface area contributed by atoms with E-state index in [4.69, 9.17) is 37.0 Å². The molecule has 0 heterocycles. The lowest BCUT2D eigenvalue weighted by Crippen LogP contribution is -2.30. The van der Waals surface area contributed by atoms with Gasteiger partial charge in [-0.2, -0.15) is 0 Å². The summed E-state index contributed by atoms with van der Waals surface area (Å²) in [6.07, 6.45) is 55.7. The second-order valence-electron chi connectivity index (χ2n) is 30.2. The van der Waals surface area contributed by atoms with Gasteiger partial charge in [0.2, 0.25) is 0 Å². The average molecular weight is 1450 g/mol. The largest absolute Gasteiger partial charge is 0.472 e. The summed E-state index contributed by atoms with van der Waals surface area (Å²) in [5, 5.41) is 10.6. The number of aliphatic hydroxyl groups is 1. The Kier molecular flexibility index (Phi) is 67.8. The van der Waals surface area contributed by atoms with Gasteiger partial charge in [0.1, 0.15) is 19.3 Å². The van der Waals surface area contributed by atoms with E-state index < -0.39 is 97.5 Å². The Labute approximate surface area is 607 Å². The standard InChI is InChI=1S/C80H156O17P2/c1-9-72(7)58-50-42-34-28-24-20-17-18-21-25-29-35-44-52-60-77(82)90-66-75(96-79(84)62-54-46-36-30-26-22-16-14-12-11-13-15-19-23-27-32-40-48-56-70(3)4)68-94-98(86,87)92-64-74(81)65-93-99(88,89)95-69-76(97-80(85)63-55-47-39-38-43-51-59-73(8)10-2)67-91-78(83)61-53-45-37-31-33-41-49-57-71(5)6/h70-76,81H,9-69H2,1-8H3,(H,86,87)(H,88,89)/t72?,73?,74?,75-,76-/m1/s1. The van der Waals surface area contributed by atoms with Crippen LogP contribution in [0.1, 0.15) is 409 Å². The highest BCUT2D eigenvalue weighted by atomic mass is 31.2. The zero-order valence-electron chi connectivity index (χ0n) is 65.1. The first-order valence-corrected chi connectivity index (χ1v) is 44.3. The summed E-state index contributed by atoms with van der Waals surface area (Å²) in [6, 6.07) is 0. The molecule has 0 aromatic heterocycles. The molecule has 0 aliphatic heterocycles. The van der Waals surface area contributed by atoms with Crippen LogP contribution in [0.25, 0.3) is 0 Å². The van der Waals surface area contributed by atoms with Gasteiger partial charge in [-0.25, -0.2) is 9.13 Å². The third kappa shape index (κ3) is 71.5. The molecule has 99 heavy (non-hydrogen) atoms. The predicted octanol–water partition coefficient (Wildman–Crippen LogP) is 23.6. The monoisotopic (exact) mass is 1450 g/mol. The second kappa shape index (κ2) is 69.1. The van der Waals surface area contributed by atoms with Gasteiger partial charge in [-0.15, -0.1) is 0 Å². The van der Waals surface area contributed by atoms with Gasteiger partial charge in [0.25, 0.3) is 0 Å². The molecule has 0 saturated carbocycles. The topological polar surface area (TPSA) is 237 Å². The number of phosphoric acid groups is 2. The summed E-state index contributed by atoms with van der Waals surface area (Å²) < 4.78 is 68.6. The number of aliphatic hydroxyl groups excluding tert-OH is 1. The third-order valence-corrected chi connectivity index (χ3v) is 21.2. The van der Waals surface area contributed by atoms with Crippen molar-refractivity contribution in [3.05, 3.63) is 0 Å². The van der Waals surface area contributed by atoms with Crippen LogP contribution in [-0.4, -0.2) is 96.7 Å². The van der Waals surface area contributed by atoms with Crippen molar-refractivity contribution in [2.45, 2.75) is 427 Å². The number of phosphoric ester groups is 2. The Morgan fingerprint density at radius 3 is 0.717 bits per heavy atom. The van der Waals surface area contributed by atoms with E-state index in [2.05, 4.69) is 55.4 Å². The van der Waals surface area contributed by atoms with Crippen LogP contribution >= 0.6 is 15.6 Å². The summed E-state index contributed by atoms with van der Waals surface area (Å²) in [4.78, 5) is 72.9. The van der Waals surface area contributed by atoms with Crippen molar-refractivity contribution in [2.75, 3.05) is 39.6 Å². The minimum atomic E-state index is -4.96. The molecular weight excluding hydrogens is 1290 g/mol. The van der Waals surface area contributed by atoms with E-state index in [0.29, 0.717) is 31.6 Å². The Morgan fingerprint density at radius 2 is 0.485 bits per heavy atom. The minimum absolute atomic E-state index is 0.102. The normalized spacial score (nSPS) is 14.6. The van der Waals surface area contributed by atoms with Crippen molar-refractivity contribution in [1.29, 1.82) is 0 Å². The molecule has 0 aromatic rings. The molecule has 0 aliphatic rings. The molecule has 17 nitrogen and oxygen atoms in total. The van der Waals surface area contributed by atoms with Crippen LogP contribution in [0.5, 0.6) is 0 Å². The summed E-state index contributed by atoms with van der Waals surface area (Å²) in [5.41, 5.74) is 0. The smallest absolute Gasteiger partial charge is 0.462 e. The second-order valence-corrected chi connectivity index (χ2v) is 33.1. The van der Waals surface area contributed by atoms with Gasteiger partial charge in [-0.1, -0.05) is 357 Å². The molecule has 0 radical (unpaired) electrons. The molecule has 0 spiro atoms. The van der Waals surface area contributed by atoms with Crippen LogP contribution in [0, 0.1) is 23.7 Å². The van der Waals surface area contributed by atoms with E-state index in [-0.39, 0.29) is 25.7 Å². The molecule has 5 unspecified atom stereocenters. The quantitative estimate of drug-likeness (QED) is 0.0222. The molecule has 588 valence electrons. The fraction of sp³-hybridized carbons (Fsp3) is 0.950. The molecular formula is C80H156O17P2. The molecule has 0 fully saturated rings. The molecule has 3 N–H and O–H groups in total. The Morgan fingerprint density at radius 1 is 0.283 bits per heavy atom. The predicted molar refractivity (Wildman–Crippen MR) is 404 cm³/mol. The van der Waals surface area contributed by atoms with Crippen LogP contribution in [0.4, 0.5) is 0 Å². The molecule has 0 rings (SSSR count). The number of carbonyl (C=O) groups excluding carboxylic acids is 4. The van der Waals surface area contributed by atoms with E-state index in [1.165, 1.54) is 205 Å². The van der Waals surface area contributed by atoms with Crippen molar-refractivity contribution in [3.8, 4) is 0 Å². The highest BCUT2D eigenvalue weighted by molar-refractivity contribution is 7.47. The fourth-order valence-corrected chi connectivity index (χ4v) is 13.8. The Hall–Kier alpha value is -1.94. The van der Waals surface area contributed by atoms with Crippen LogP contribution in [0.15, 0.2) is 0 Å². The number of hydrogen-bond acceptors (Lipinski definition) is 15. The lowest BCUT2D eigenvalue weighted by Gasteiger charge is -2.21. The summed E-state index contributed by atoms with van der Waals surface area (Å²) in [5.74, 6) is 0.975. The Bertz CT molecular complexity index is 1940. The van der Waals surface area contributed by atoms with Gasteiger partial charge in [0.15, 0.2) is 12.2 Å². The third-order valence-electron chi connectivity index (χ3n) is 19.3. The summed E-state index contributed by atoms with van der Waals surface area (Å²) in [6.45, 7) is 14.2. The van der Waals surface area contributed by atoms with Crippen molar-refractivity contribution < 1.29 is 80.2 Å². The van der Waals surface area contributed by atoms with Gasteiger partial charge >= 0.3 is 39.5 Å². The number of ether oxygens (including phenoxy) is 4. The number of esters is 4. The van der Waals surface area contributed by atoms with Gasteiger partial charge in [-0.3, -0.25) is 37.3 Å². The molecule has 0 saturated heterocycles. The maximum Gasteiger partial charge on any atom is 0.472 e. The van der Waals surface area contributed by atoms with E-state index in [1.54, 1.807) is 0 Å². The first-order valence-electron chi connectivity index (χ1n) is 41.3. The average Bonchev–Trinajstić information content (AvgIpc) is 0.982. The molecule has 0 aliphatic carbocycles. The van der Waals surface area contributed by atoms with Crippen LogP contribution in [0.3, 0.4) is 0 Å². The fourth-order valence-electron chi connectivity index (χ4n) is 12.2. The zero-order valence-corrected chi connectivity index (χ0v) is 66.9. The van der Waals surface area contributed by atoms with Crippen molar-refractivity contribution in [1.82, 2.24) is 0 Å². The number of hydrogen-bond donors (Lipinski definition) is 3. The van der Waals surface area contributed by atoms with Gasteiger partial charge in [-0.05, 0) is 49.4 Å². The Balaban J connectivity index is 5.21. The van der Waals surface area contributed by atoms with E-state index in [9.17, 15) is 43.2 Å². The van der Waals surface area contributed by atoms with E-state index in [1.807, 2.05) is 0 Å². The maximum absolute atomic E-state index is 13.1. The minimum Gasteiger partial charge on any atom is -0.462 e. The molecule has 19 heteroatoms. The van der Waals surface area contributed by atoms with Crippen LogP contribution in [0.2, 0.25) is 0 Å². The van der Waals surface area contributed by atoms with Crippen LogP contribution in [-0.2, 0) is 65.4 Å². The van der Waals surface area contributed by atoms with Crippen molar-refractivity contribution in [3.63, 3.8) is 0 Å². The lowest BCUT2D eigenvalue weighted by atomic mass is 9.99. The summed E-state index contributed by atoms with van der Waals surface area (Å²) in [7, 11) is -9.92. The van der Waals surface area contributed by atoms with Crippen LogP contribution < -0.4 is 0 Å². The molecule has 0 amide bonds. The highest BCUT2D eigenvalue weighted by Crippen LogP contribution is 2.45. The number of rotatable bonds is 77. The summed E-state index contributed by atoms with van der Waals surface area (Å²) >= 11 is 0. The van der Waals surface area contributed by atoms with Gasteiger partial charge < -0.3 is 33.8 Å². The zero-order chi connectivity index (χ0) is 73.1. The molecule has 0 bridgehead atoms. The molecule has 0 aromatic carbocycles. The number of carbonyl (C=O) groups is 4. The van der Waals surface area contributed by atoms with Crippen molar-refractivity contribution in [2.24, 2.45) is 23.7 Å². The highest BCUT2D eigenvalue weighted by Gasteiger charge is 2.30. The lowest BCUT2D eigenvalue weighted by molar-refractivity contribution is -0.161. The maximum atomic E-state index is 13.1. The SMILES string of the molecule is CCC(C)CCCCCCCCCCCCCCCCC(=O)OC[C@H](COP(=O)(O)OCC(O)COP(=O)(O)OC[C@@H](COC(=O)CCCCCCCCCC(C)C)OC(=O)CCCCCCCCC(C)CC)OC(=O)CCCCCCCCCCCCCCCCCCCCC(C)C. The van der Waals surface area contributed by atoms with E-state index in [0.717, 1.165) is 114 Å². The van der Waals surface area contributed by atoms with E-state index >= 15 is 0 Å². The van der Waals surface area contributed by atoms with Crippen molar-refractivity contribution >= 4 is 39.5 Å².